The van der Waals surface area contributed by atoms with Gasteiger partial charge in [-0.05, 0) is 0 Å². The smallest absolute Gasteiger partial charge is 0 e. The van der Waals surface area contributed by atoms with Crippen LogP contribution < -0.4 is 0 Å². The molecule has 6 radical (unpaired) electrons. The van der Waals surface area contributed by atoms with Crippen molar-refractivity contribution in [1.29, 1.82) is 0 Å². The van der Waals surface area contributed by atoms with E-state index in [0.717, 1.165) is 0 Å². The number of rotatable bonds is 0. The predicted molar refractivity (Wildman–Crippen MR) is 24.2 cm³/mol. The van der Waals surface area contributed by atoms with E-state index in [2.05, 4.69) is 0 Å². The molecule has 0 aromatic heterocycles. The van der Waals surface area contributed by atoms with Gasteiger partial charge in [-0.25, -0.2) is 0 Å². The summed E-state index contributed by atoms with van der Waals surface area (Å²) in [5.74, 6) is 0. The Morgan fingerprint density at radius 3 is 0.500 bits per heavy atom. The summed E-state index contributed by atoms with van der Waals surface area (Å²) < 4.78 is 0. The fourth-order valence-corrected chi connectivity index (χ4v) is 0. The minimum absolute atomic E-state index is 0. The second-order valence-corrected chi connectivity index (χ2v) is 0. The van der Waals surface area contributed by atoms with Crippen LogP contribution in [-0.2, 0) is 0 Å². The van der Waals surface area contributed by atoms with Gasteiger partial charge in [0.1, 0.15) is 0 Å². The molecule has 0 bridgehead atoms. The SMILES string of the molecule is [K].[K].[K].[P]. The van der Waals surface area contributed by atoms with E-state index < -0.39 is 0 Å². The van der Waals surface area contributed by atoms with Crippen LogP contribution in [0.3, 0.4) is 0 Å². The van der Waals surface area contributed by atoms with Gasteiger partial charge in [0.2, 0.25) is 0 Å². The van der Waals surface area contributed by atoms with Gasteiger partial charge in [-0.3, -0.25) is 0 Å². The normalized spacial score (nSPS) is 0. The fourth-order valence-electron chi connectivity index (χ4n) is 0. The van der Waals surface area contributed by atoms with E-state index in [-0.39, 0.29) is 164 Å². The molecule has 0 fully saturated rings. The van der Waals surface area contributed by atoms with Gasteiger partial charge in [0.05, 0.1) is 0 Å². The quantitative estimate of drug-likeness (QED) is 0.327. The molecule has 0 saturated carbocycles. The topological polar surface area (TPSA) is 0 Å². The van der Waals surface area contributed by atoms with E-state index in [9.17, 15) is 0 Å². The van der Waals surface area contributed by atoms with Crippen molar-refractivity contribution < 1.29 is 0 Å². The van der Waals surface area contributed by atoms with Crippen molar-refractivity contribution in [2.75, 3.05) is 0 Å². The Bertz CT molecular complexity index is 3.25. The monoisotopic (exact) mass is 148 g/mol. The first-order chi connectivity index (χ1) is 0. The Morgan fingerprint density at radius 2 is 0.500 bits per heavy atom. The average molecular weight is 148 g/mol. The fraction of sp³-hybridized carbons (Fsp3) is 0. The van der Waals surface area contributed by atoms with Crippen LogP contribution in [-0.4, -0.2) is 154 Å². The molecule has 0 aromatic rings. The Hall–Kier alpha value is 5.34. The van der Waals surface area contributed by atoms with E-state index >= 15 is 0 Å². The summed E-state index contributed by atoms with van der Waals surface area (Å²) in [6, 6.07) is 0. The van der Waals surface area contributed by atoms with Gasteiger partial charge < -0.3 is 0 Å². The summed E-state index contributed by atoms with van der Waals surface area (Å²) in [6.07, 6.45) is 0. The standard InChI is InChI=1S/3K.P. The molecule has 0 aromatic carbocycles. The van der Waals surface area contributed by atoms with Crippen LogP contribution in [0.5, 0.6) is 0 Å². The zero-order valence-electron chi connectivity index (χ0n) is 3.45. The molecule has 0 aliphatic rings. The first-order valence-electron chi connectivity index (χ1n) is 0. The maximum Gasteiger partial charge on any atom is 0 e. The summed E-state index contributed by atoms with van der Waals surface area (Å²) in [6.45, 7) is 0. The Kier molecular flexibility index (Phi) is 89.7. The molecule has 0 heterocycles. The van der Waals surface area contributed by atoms with Crippen LogP contribution in [0.2, 0.25) is 0 Å². The Balaban J connectivity index is 0. The summed E-state index contributed by atoms with van der Waals surface area (Å²) >= 11 is 0. The number of hydrogen-bond donors (Lipinski definition) is 0. The van der Waals surface area contributed by atoms with Crippen molar-refractivity contribution in [3.8, 4) is 0 Å². The van der Waals surface area contributed by atoms with Gasteiger partial charge in [-0.2, -0.15) is 0 Å². The minimum atomic E-state index is 0. The third kappa shape index (κ3) is 10.3. The van der Waals surface area contributed by atoms with E-state index in [0.29, 0.717) is 0 Å². The minimum Gasteiger partial charge on any atom is 0 e. The summed E-state index contributed by atoms with van der Waals surface area (Å²) in [4.78, 5) is 0. The predicted octanol–water partition coefficient (Wildman–Crippen LogP) is -0.281. The molecular weight excluding hydrogens is 148 g/mol. The van der Waals surface area contributed by atoms with Crippen molar-refractivity contribution in [3.05, 3.63) is 0 Å². The van der Waals surface area contributed by atoms with Gasteiger partial charge in [-0.1, -0.05) is 0 Å². The van der Waals surface area contributed by atoms with Crippen LogP contribution in [0.1, 0.15) is 0 Å². The van der Waals surface area contributed by atoms with Gasteiger partial charge in [0, 0.05) is 164 Å². The van der Waals surface area contributed by atoms with Gasteiger partial charge in [0.15, 0.2) is 0 Å². The van der Waals surface area contributed by atoms with Gasteiger partial charge in [0.25, 0.3) is 0 Å². The molecule has 0 spiro atoms. The molecule has 0 amide bonds. The van der Waals surface area contributed by atoms with E-state index in [1.807, 2.05) is 0 Å². The van der Waals surface area contributed by atoms with Gasteiger partial charge in [-0.15, -0.1) is 0 Å². The molecule has 0 aliphatic carbocycles. The molecule has 4 heavy (non-hydrogen) atoms. The molecule has 0 rings (SSSR count). The average Bonchev–Trinajstić information content (AvgIpc) is 0. The van der Waals surface area contributed by atoms with E-state index in [1.54, 1.807) is 0 Å². The molecule has 4 heteroatoms. The summed E-state index contributed by atoms with van der Waals surface area (Å²) in [5, 5.41) is 0. The Morgan fingerprint density at radius 1 is 0.500 bits per heavy atom. The Labute approximate surface area is 158 Å². The van der Waals surface area contributed by atoms with Crippen LogP contribution in [0.25, 0.3) is 0 Å². The zero-order valence-corrected chi connectivity index (χ0v) is 13.7. The van der Waals surface area contributed by atoms with Crippen molar-refractivity contribution in [3.63, 3.8) is 0 Å². The first kappa shape index (κ1) is 22.8. The summed E-state index contributed by atoms with van der Waals surface area (Å²) in [5.41, 5.74) is 0. The van der Waals surface area contributed by atoms with E-state index in [1.165, 1.54) is 0 Å². The largest absolute Gasteiger partial charge is 0 e. The van der Waals surface area contributed by atoms with Gasteiger partial charge >= 0.3 is 0 Å². The van der Waals surface area contributed by atoms with Crippen LogP contribution in [0.15, 0.2) is 0 Å². The maximum atomic E-state index is 0. The zero-order chi connectivity index (χ0) is 0. The molecule has 0 aliphatic heterocycles. The van der Waals surface area contributed by atoms with Crippen molar-refractivity contribution >= 4 is 164 Å². The number of hydrogen-bond acceptors (Lipinski definition) is 0. The molecule has 8 valence electrons. The van der Waals surface area contributed by atoms with Crippen LogP contribution in [0, 0.1) is 0 Å². The third-order valence-electron chi connectivity index (χ3n) is 0. The second-order valence-electron chi connectivity index (χ2n) is 0. The molecule has 0 nitrogen and oxygen atoms in total. The van der Waals surface area contributed by atoms with Crippen LogP contribution >= 0.6 is 9.90 Å². The first-order valence-corrected chi connectivity index (χ1v) is 0. The molecule has 0 N–H and O–H groups in total. The van der Waals surface area contributed by atoms with Crippen molar-refractivity contribution in [2.24, 2.45) is 0 Å². The van der Waals surface area contributed by atoms with E-state index in [4.69, 9.17) is 0 Å². The maximum absolute atomic E-state index is 0. The third-order valence-corrected chi connectivity index (χ3v) is 0. The van der Waals surface area contributed by atoms with Crippen LogP contribution in [0.4, 0.5) is 0 Å². The second kappa shape index (κ2) is 15.8. The summed E-state index contributed by atoms with van der Waals surface area (Å²) in [7, 11) is 0. The molecule has 0 saturated heterocycles. The molecule has 0 atom stereocenters. The van der Waals surface area contributed by atoms with Crippen molar-refractivity contribution in [2.45, 2.75) is 0 Å². The van der Waals surface area contributed by atoms with Crippen molar-refractivity contribution in [1.82, 2.24) is 0 Å². The molecular formula is K3P. The molecule has 0 unspecified atom stereocenters.